The number of likely N-dealkylation sites (N-methyl/N-ethyl adjacent to an activating group) is 1. The van der Waals surface area contributed by atoms with Gasteiger partial charge in [-0.2, -0.15) is 0 Å². The number of sulfonamides is 1. The van der Waals surface area contributed by atoms with Crippen LogP contribution in [0.1, 0.15) is 56.9 Å². The van der Waals surface area contributed by atoms with E-state index in [4.69, 9.17) is 10.3 Å². The summed E-state index contributed by atoms with van der Waals surface area (Å²) in [6.45, 7) is 9.58. The second-order valence-corrected chi connectivity index (χ2v) is 12.2. The summed E-state index contributed by atoms with van der Waals surface area (Å²) < 4.78 is 34.1. The molecule has 2 aromatic carbocycles. The molecule has 0 aliphatic heterocycles. The van der Waals surface area contributed by atoms with Gasteiger partial charge in [-0.15, -0.1) is 0 Å². The van der Waals surface area contributed by atoms with Crippen molar-refractivity contribution in [1.82, 2.24) is 5.16 Å². The molecule has 0 aliphatic carbocycles. The van der Waals surface area contributed by atoms with Gasteiger partial charge in [-0.3, -0.25) is 4.79 Å². The first-order valence-electron chi connectivity index (χ1n) is 13.1. The van der Waals surface area contributed by atoms with Crippen LogP contribution in [0.25, 0.3) is 11.1 Å². The number of anilines is 1. The fourth-order valence-electron chi connectivity index (χ4n) is 4.99. The number of rotatable bonds is 12. The molecular weight excluding hydrogens is 516 g/mol. The molecule has 0 radical (unpaired) electrons. The smallest absolute Gasteiger partial charge is 0.314 e. The average Bonchev–Trinajstić information content (AvgIpc) is 3.18. The Labute approximate surface area is 231 Å². The first kappa shape index (κ1) is 30.0. The molecule has 0 saturated carbocycles. The fourth-order valence-corrected chi connectivity index (χ4v) is 6.27. The lowest BCUT2D eigenvalue weighted by Crippen LogP contribution is -2.62. The van der Waals surface area contributed by atoms with Crippen LogP contribution in [0.15, 0.2) is 57.9 Å². The van der Waals surface area contributed by atoms with E-state index in [1.54, 1.807) is 39.1 Å². The number of nitrogens with one attached hydrogen (secondary N) is 1. The highest BCUT2D eigenvalue weighted by Gasteiger charge is 2.45. The molecule has 3 rings (SSSR count). The molecule has 2 amide bonds. The Hall–Kier alpha value is -3.50. The molecule has 2 atom stereocenters. The quantitative estimate of drug-likeness (QED) is 0.305. The number of amides is 2. The van der Waals surface area contributed by atoms with Gasteiger partial charge in [0.1, 0.15) is 6.54 Å². The van der Waals surface area contributed by atoms with E-state index in [9.17, 15) is 18.0 Å². The molecule has 0 spiro atoms. The predicted molar refractivity (Wildman–Crippen MR) is 151 cm³/mol. The van der Waals surface area contributed by atoms with Crippen LogP contribution in [0.3, 0.4) is 0 Å². The Morgan fingerprint density at radius 1 is 1.08 bits per heavy atom. The van der Waals surface area contributed by atoms with Crippen LogP contribution in [0, 0.1) is 19.8 Å². The molecule has 210 valence electrons. The molecule has 9 nitrogen and oxygen atoms in total. The second-order valence-electron chi connectivity index (χ2n) is 10.5. The number of hydrogen-bond acceptors (Lipinski definition) is 6. The van der Waals surface area contributed by atoms with E-state index in [0.29, 0.717) is 35.3 Å². The minimum atomic E-state index is -3.97. The topological polar surface area (TPSA) is 132 Å². The summed E-state index contributed by atoms with van der Waals surface area (Å²) in [5, 5.41) is 3.82. The number of quaternary nitrogens is 1. The Kier molecular flexibility index (Phi) is 9.34. The summed E-state index contributed by atoms with van der Waals surface area (Å²) >= 11 is 0. The van der Waals surface area contributed by atoms with Crippen molar-refractivity contribution in [3.63, 3.8) is 0 Å². The summed E-state index contributed by atoms with van der Waals surface area (Å²) in [7, 11) is -2.19. The number of unbranched alkanes of at least 4 members (excludes halogenated alkanes) is 1. The average molecular weight is 556 g/mol. The number of primary amides is 1. The third kappa shape index (κ3) is 6.57. The number of nitrogens with zero attached hydrogens (tertiary/aromatic N) is 2. The lowest BCUT2D eigenvalue weighted by molar-refractivity contribution is -0.868. The maximum Gasteiger partial charge on any atom is 0.314 e. The zero-order chi connectivity index (χ0) is 29.0. The monoisotopic (exact) mass is 555 g/mol. The molecule has 1 heterocycles. The van der Waals surface area contributed by atoms with Crippen molar-refractivity contribution in [3.05, 3.63) is 65.4 Å². The molecule has 1 aromatic heterocycles. The van der Waals surface area contributed by atoms with Gasteiger partial charge in [0.05, 0.1) is 24.1 Å². The normalized spacial score (nSPS) is 14.1. The number of nitrogens with two attached hydrogens (primary N) is 1. The van der Waals surface area contributed by atoms with Gasteiger partial charge in [0.2, 0.25) is 5.88 Å². The summed E-state index contributed by atoms with van der Waals surface area (Å²) in [4.78, 5) is 25.9. The van der Waals surface area contributed by atoms with Crippen LogP contribution in [0.5, 0.6) is 0 Å². The second kappa shape index (κ2) is 12.1. The molecule has 39 heavy (non-hydrogen) atoms. The molecule has 1 unspecified atom stereocenters. The summed E-state index contributed by atoms with van der Waals surface area (Å²) in [5.74, 6) is -0.577. The van der Waals surface area contributed by atoms with E-state index in [2.05, 4.69) is 9.88 Å². The van der Waals surface area contributed by atoms with Crippen LogP contribution in [0.2, 0.25) is 0 Å². The zero-order valence-electron chi connectivity index (χ0n) is 23.5. The summed E-state index contributed by atoms with van der Waals surface area (Å²) in [6.07, 6.45) is 1.97. The van der Waals surface area contributed by atoms with Crippen LogP contribution in [-0.4, -0.2) is 43.0 Å². The van der Waals surface area contributed by atoms with Crippen molar-refractivity contribution in [2.75, 3.05) is 11.8 Å². The predicted octanol–water partition coefficient (Wildman–Crippen LogP) is 4.93. The van der Waals surface area contributed by atoms with Crippen molar-refractivity contribution in [3.8, 4) is 11.1 Å². The van der Waals surface area contributed by atoms with Gasteiger partial charge in [-0.25, -0.2) is 22.4 Å². The Bertz CT molecular complexity index is 1430. The highest BCUT2D eigenvalue weighted by atomic mass is 32.2. The Morgan fingerprint density at radius 3 is 2.26 bits per heavy atom. The third-order valence-electron chi connectivity index (χ3n) is 7.19. The van der Waals surface area contributed by atoms with Crippen molar-refractivity contribution in [1.29, 1.82) is 0 Å². The molecule has 0 aliphatic rings. The Balaban J connectivity index is 1.95. The van der Waals surface area contributed by atoms with Crippen LogP contribution in [-0.2, 0) is 26.2 Å². The number of benzene rings is 2. The maximum absolute atomic E-state index is 13.4. The fraction of sp³-hybridized carbons (Fsp3) is 0.414. The molecule has 0 saturated heterocycles. The number of carbonyl (C=O) groups is 2. The van der Waals surface area contributed by atoms with E-state index in [1.165, 1.54) is 6.07 Å². The largest absolute Gasteiger partial charge is 0.364 e. The standard InChI is InChI=1S/C29H38N4O5S/c1-7-8-13-26(34)33(6,27(19(2)3)28(30)35)18-22-14-16-23(17-15-22)24-11-9-10-12-25(24)39(36,37)32-29-20(4)21(5)31-38-29/h9-12,14-17,19,27H,7-8,13,18H2,1-6H3,(H2-,30,31,32,35)/p+1/t27-,33?/m0/s1. The summed E-state index contributed by atoms with van der Waals surface area (Å²) in [6, 6.07) is 13.4. The van der Waals surface area contributed by atoms with Crippen LogP contribution in [0.4, 0.5) is 5.88 Å². The Morgan fingerprint density at radius 2 is 1.72 bits per heavy atom. The van der Waals surface area contributed by atoms with Gasteiger partial charge < -0.3 is 10.3 Å². The third-order valence-corrected chi connectivity index (χ3v) is 8.58. The first-order valence-corrected chi connectivity index (χ1v) is 14.6. The number of carbonyl (C=O) groups excluding carboxylic acids is 2. The molecule has 3 N–H and O–H groups in total. The number of aryl methyl sites for hydroxylation is 1. The lowest BCUT2D eigenvalue weighted by Gasteiger charge is -2.39. The molecule has 0 fully saturated rings. The molecule has 10 heteroatoms. The van der Waals surface area contributed by atoms with Crippen molar-refractivity contribution >= 4 is 27.7 Å². The molecular formula is C29H39N4O5S+. The minimum Gasteiger partial charge on any atom is -0.364 e. The van der Waals surface area contributed by atoms with Gasteiger partial charge in [0.25, 0.3) is 15.9 Å². The van der Waals surface area contributed by atoms with E-state index in [1.807, 2.05) is 45.0 Å². The molecule has 0 bridgehead atoms. The van der Waals surface area contributed by atoms with Gasteiger partial charge in [-0.05, 0) is 31.9 Å². The van der Waals surface area contributed by atoms with Crippen LogP contribution < -0.4 is 10.5 Å². The van der Waals surface area contributed by atoms with E-state index in [0.717, 1.165) is 18.4 Å². The maximum atomic E-state index is 13.4. The lowest BCUT2D eigenvalue weighted by atomic mass is 9.96. The van der Waals surface area contributed by atoms with Gasteiger partial charge in [0, 0.05) is 22.6 Å². The highest BCUT2D eigenvalue weighted by molar-refractivity contribution is 7.92. The number of hydrogen-bond donors (Lipinski definition) is 2. The van der Waals surface area contributed by atoms with Crippen molar-refractivity contribution < 1.29 is 27.0 Å². The van der Waals surface area contributed by atoms with E-state index < -0.39 is 22.0 Å². The van der Waals surface area contributed by atoms with Crippen LogP contribution >= 0.6 is 0 Å². The highest BCUT2D eigenvalue weighted by Crippen LogP contribution is 2.31. The van der Waals surface area contributed by atoms with Gasteiger partial charge >= 0.3 is 5.91 Å². The summed E-state index contributed by atoms with van der Waals surface area (Å²) in [5.41, 5.74) is 9.04. The molecule has 3 aromatic rings. The zero-order valence-corrected chi connectivity index (χ0v) is 24.3. The van der Waals surface area contributed by atoms with Gasteiger partial charge in [0.15, 0.2) is 6.04 Å². The van der Waals surface area contributed by atoms with E-state index >= 15 is 0 Å². The van der Waals surface area contributed by atoms with E-state index in [-0.39, 0.29) is 27.1 Å². The SMILES string of the molecule is CCCCC(=O)[N+](C)(Cc1ccc(-c2ccccc2S(=O)(=O)Nc2onc(C)c2C)cc1)[C@H](C(N)=O)C(C)C. The minimum absolute atomic E-state index is 0.0288. The van der Waals surface area contributed by atoms with Crippen molar-refractivity contribution in [2.24, 2.45) is 11.7 Å². The first-order chi connectivity index (χ1) is 18.3. The van der Waals surface area contributed by atoms with Gasteiger partial charge in [-0.1, -0.05) is 74.8 Å². The number of aromatic nitrogens is 1. The van der Waals surface area contributed by atoms with Crippen molar-refractivity contribution in [2.45, 2.75) is 71.4 Å².